The molecule has 0 N–H and O–H groups in total. The van der Waals surface area contributed by atoms with Crippen molar-refractivity contribution in [3.8, 4) is 11.5 Å². The summed E-state index contributed by atoms with van der Waals surface area (Å²) in [5, 5.41) is 18.9. The number of aromatic nitrogens is 2. The molecule has 0 aliphatic rings. The normalized spacial score (nSPS) is 10.7. The van der Waals surface area contributed by atoms with E-state index in [1.54, 1.807) is 24.1 Å². The van der Waals surface area contributed by atoms with Crippen molar-refractivity contribution in [3.05, 3.63) is 69.8 Å². The lowest BCUT2D eigenvalue weighted by molar-refractivity contribution is -0.384. The summed E-state index contributed by atoms with van der Waals surface area (Å²) in [5.74, 6) is 0.262. The van der Waals surface area contributed by atoms with E-state index in [9.17, 15) is 14.9 Å². The fourth-order valence-corrected chi connectivity index (χ4v) is 3.32. The van der Waals surface area contributed by atoms with Crippen LogP contribution in [0.3, 0.4) is 0 Å². The highest BCUT2D eigenvalue weighted by molar-refractivity contribution is 7.99. The Morgan fingerprint density at radius 2 is 1.90 bits per heavy atom. The molecule has 1 heterocycles. The molecule has 0 aliphatic heterocycles. The molecule has 1 amide bonds. The molecule has 150 valence electrons. The van der Waals surface area contributed by atoms with Gasteiger partial charge in [0.25, 0.3) is 10.9 Å². The van der Waals surface area contributed by atoms with Crippen molar-refractivity contribution in [1.29, 1.82) is 0 Å². The van der Waals surface area contributed by atoms with E-state index in [0.717, 1.165) is 23.7 Å². The van der Waals surface area contributed by atoms with Crippen molar-refractivity contribution in [1.82, 2.24) is 15.1 Å². The molecular weight excluding hydrogens is 392 g/mol. The molecule has 29 heavy (non-hydrogen) atoms. The van der Waals surface area contributed by atoms with Crippen molar-refractivity contribution in [3.63, 3.8) is 0 Å². The van der Waals surface area contributed by atoms with E-state index < -0.39 is 4.92 Å². The van der Waals surface area contributed by atoms with E-state index in [4.69, 9.17) is 4.42 Å². The molecule has 0 saturated heterocycles. The van der Waals surface area contributed by atoms with Crippen molar-refractivity contribution < 1.29 is 14.1 Å². The molecule has 0 aliphatic carbocycles. The molecule has 0 fully saturated rings. The molecule has 3 rings (SSSR count). The van der Waals surface area contributed by atoms with Crippen LogP contribution in [0, 0.1) is 10.1 Å². The van der Waals surface area contributed by atoms with Crippen LogP contribution in [0.25, 0.3) is 11.5 Å². The van der Waals surface area contributed by atoms with Gasteiger partial charge in [-0.1, -0.05) is 49.0 Å². The molecule has 0 saturated carbocycles. The number of hydrogen-bond acceptors (Lipinski definition) is 7. The summed E-state index contributed by atoms with van der Waals surface area (Å²) in [6, 6.07) is 14.1. The number of carbonyl (C=O) groups excluding carboxylic acids is 1. The second-order valence-electron chi connectivity index (χ2n) is 6.39. The Morgan fingerprint density at radius 1 is 1.17 bits per heavy atom. The van der Waals surface area contributed by atoms with Crippen LogP contribution in [0.4, 0.5) is 5.69 Å². The third kappa shape index (κ3) is 5.41. The summed E-state index contributed by atoms with van der Waals surface area (Å²) in [6.07, 6.45) is 0.980. The number of hydrogen-bond donors (Lipinski definition) is 0. The predicted molar refractivity (Wildman–Crippen MR) is 109 cm³/mol. The fraction of sp³-hybridized carbons (Fsp3) is 0.250. The fourth-order valence-electron chi connectivity index (χ4n) is 2.61. The van der Waals surface area contributed by atoms with E-state index >= 15 is 0 Å². The van der Waals surface area contributed by atoms with Gasteiger partial charge < -0.3 is 9.32 Å². The highest BCUT2D eigenvalue weighted by Gasteiger charge is 2.15. The lowest BCUT2D eigenvalue weighted by Crippen LogP contribution is -2.27. The van der Waals surface area contributed by atoms with Crippen molar-refractivity contribution in [2.45, 2.75) is 25.1 Å². The van der Waals surface area contributed by atoms with Crippen molar-refractivity contribution >= 4 is 23.4 Å². The van der Waals surface area contributed by atoms with Crippen molar-refractivity contribution in [2.24, 2.45) is 0 Å². The molecule has 9 heteroatoms. The van der Waals surface area contributed by atoms with Crippen LogP contribution in [0.15, 0.2) is 58.2 Å². The molecule has 8 nitrogen and oxygen atoms in total. The summed E-state index contributed by atoms with van der Waals surface area (Å²) in [6.45, 7) is 2.62. The zero-order valence-corrected chi connectivity index (χ0v) is 16.9. The molecule has 0 radical (unpaired) electrons. The van der Waals surface area contributed by atoms with E-state index in [1.165, 1.54) is 17.7 Å². The summed E-state index contributed by atoms with van der Waals surface area (Å²) in [4.78, 5) is 24.4. The number of thioether (sulfide) groups is 1. The van der Waals surface area contributed by atoms with Gasteiger partial charge in [-0.25, -0.2) is 0 Å². The Labute approximate surface area is 172 Å². The Bertz CT molecular complexity index is 1000. The molecule has 0 unspecified atom stereocenters. The molecule has 0 bridgehead atoms. The first kappa shape index (κ1) is 20.5. The average Bonchev–Trinajstić information content (AvgIpc) is 3.21. The zero-order chi connectivity index (χ0) is 20.8. The van der Waals surface area contributed by atoms with Crippen LogP contribution in [0.5, 0.6) is 0 Å². The minimum absolute atomic E-state index is 0.0568. The quantitative estimate of drug-likeness (QED) is 0.313. The second-order valence-corrected chi connectivity index (χ2v) is 7.32. The number of carbonyl (C=O) groups is 1. The second kappa shape index (κ2) is 9.33. The summed E-state index contributed by atoms with van der Waals surface area (Å²) >= 11 is 1.13. The van der Waals surface area contributed by atoms with Crippen LogP contribution < -0.4 is 0 Å². The third-order valence-electron chi connectivity index (χ3n) is 4.31. The van der Waals surface area contributed by atoms with Gasteiger partial charge >= 0.3 is 0 Å². The van der Waals surface area contributed by atoms with Gasteiger partial charge in [-0.05, 0) is 23.6 Å². The first-order valence-electron chi connectivity index (χ1n) is 8.99. The standard InChI is InChI=1S/C20H20N4O4S/c1-3-14-7-9-15(10-8-14)12-23(2)18(25)13-29-20-22-21-19(28-20)16-5-4-6-17(11-16)24(26)27/h4-11H,3,12-13H2,1-2H3. The molecule has 1 aromatic heterocycles. The number of nitrogens with zero attached hydrogens (tertiary/aromatic N) is 4. The Hall–Kier alpha value is -3.20. The van der Waals surface area contributed by atoms with Gasteiger partial charge in [-0.2, -0.15) is 0 Å². The summed E-state index contributed by atoms with van der Waals surface area (Å²) < 4.78 is 5.53. The number of nitro groups is 1. The first-order chi connectivity index (χ1) is 14.0. The van der Waals surface area contributed by atoms with Gasteiger partial charge in [0.2, 0.25) is 11.8 Å². The van der Waals surface area contributed by atoms with Gasteiger partial charge in [0.05, 0.1) is 10.7 Å². The lowest BCUT2D eigenvalue weighted by atomic mass is 10.1. The number of nitro benzene ring substituents is 1. The summed E-state index contributed by atoms with van der Waals surface area (Å²) in [5.41, 5.74) is 2.72. The molecule has 2 aromatic carbocycles. The van der Waals surface area contributed by atoms with Gasteiger partial charge in [-0.15, -0.1) is 10.2 Å². The van der Waals surface area contributed by atoms with Crippen LogP contribution in [-0.4, -0.2) is 38.7 Å². The molecule has 3 aromatic rings. The molecular formula is C20H20N4O4S. The SMILES string of the molecule is CCc1ccc(CN(C)C(=O)CSc2nnc(-c3cccc([N+](=O)[O-])c3)o2)cc1. The van der Waals surface area contributed by atoms with Crippen LogP contribution >= 0.6 is 11.8 Å². The van der Waals surface area contributed by atoms with E-state index in [1.807, 2.05) is 12.1 Å². The maximum Gasteiger partial charge on any atom is 0.277 e. The topological polar surface area (TPSA) is 102 Å². The van der Waals surface area contributed by atoms with E-state index in [2.05, 4.69) is 29.3 Å². The highest BCUT2D eigenvalue weighted by atomic mass is 32.2. The van der Waals surface area contributed by atoms with Gasteiger partial charge in [0.1, 0.15) is 0 Å². The largest absolute Gasteiger partial charge is 0.411 e. The molecule has 0 spiro atoms. The smallest absolute Gasteiger partial charge is 0.277 e. The average molecular weight is 412 g/mol. The minimum Gasteiger partial charge on any atom is -0.411 e. The van der Waals surface area contributed by atoms with Gasteiger partial charge in [-0.3, -0.25) is 14.9 Å². The number of non-ortho nitro benzene ring substituents is 1. The Balaban J connectivity index is 1.56. The number of amides is 1. The minimum atomic E-state index is -0.486. The van der Waals surface area contributed by atoms with Crippen LogP contribution in [-0.2, 0) is 17.8 Å². The first-order valence-corrected chi connectivity index (χ1v) is 9.97. The van der Waals surface area contributed by atoms with E-state index in [0.29, 0.717) is 12.1 Å². The Kier molecular flexibility index (Phi) is 6.61. The van der Waals surface area contributed by atoms with Gasteiger partial charge in [0.15, 0.2) is 0 Å². The number of benzene rings is 2. The van der Waals surface area contributed by atoms with Crippen molar-refractivity contribution in [2.75, 3.05) is 12.8 Å². The predicted octanol–water partition coefficient (Wildman–Crippen LogP) is 3.96. The third-order valence-corrected chi connectivity index (χ3v) is 5.11. The maximum absolute atomic E-state index is 12.4. The zero-order valence-electron chi connectivity index (χ0n) is 16.1. The van der Waals surface area contributed by atoms with Crippen LogP contribution in [0.2, 0.25) is 0 Å². The van der Waals surface area contributed by atoms with Crippen LogP contribution in [0.1, 0.15) is 18.1 Å². The monoisotopic (exact) mass is 412 g/mol. The molecule has 0 atom stereocenters. The number of aryl methyl sites for hydroxylation is 1. The highest BCUT2D eigenvalue weighted by Crippen LogP contribution is 2.26. The maximum atomic E-state index is 12.4. The lowest BCUT2D eigenvalue weighted by Gasteiger charge is -2.16. The summed E-state index contributed by atoms with van der Waals surface area (Å²) in [7, 11) is 1.75. The number of rotatable bonds is 8. The van der Waals surface area contributed by atoms with E-state index in [-0.39, 0.29) is 28.5 Å². The Morgan fingerprint density at radius 3 is 2.59 bits per heavy atom. The van der Waals surface area contributed by atoms with Gasteiger partial charge in [0, 0.05) is 31.3 Å².